The molecular formula is C53H87N13O16. The second-order valence-electron chi connectivity index (χ2n) is 21.6. The van der Waals surface area contributed by atoms with Crippen molar-refractivity contribution >= 4 is 65.0 Å². The van der Waals surface area contributed by atoms with Gasteiger partial charge in [-0.15, -0.1) is 0 Å². The van der Waals surface area contributed by atoms with Crippen molar-refractivity contribution in [3.8, 4) is 0 Å². The lowest BCUT2D eigenvalue weighted by molar-refractivity contribution is -0.188. The van der Waals surface area contributed by atoms with Crippen molar-refractivity contribution in [1.29, 1.82) is 0 Å². The molecule has 82 heavy (non-hydrogen) atoms. The van der Waals surface area contributed by atoms with Gasteiger partial charge in [0.2, 0.25) is 59.2 Å². The Kier molecular flexibility index (Phi) is 26.5. The topological polar surface area (TPSA) is 374 Å². The number of aliphatic hydroxyl groups is 2. The molecule has 0 spiro atoms. The molecule has 6 rings (SSSR count). The summed E-state index contributed by atoms with van der Waals surface area (Å²) in [5.41, 5.74) is -1.54. The minimum Gasteiger partial charge on any atom is -0.391 e. The molecule has 8 atom stereocenters. The van der Waals surface area contributed by atoms with Crippen LogP contribution < -0.4 is 47.4 Å². The molecule has 1 aromatic heterocycles. The second kappa shape index (κ2) is 33.4. The molecule has 10 N–H and O–H groups in total. The lowest BCUT2D eigenvalue weighted by Crippen LogP contribution is -2.58. The number of carbonyl (C=O) groups excluding carboxylic acids is 8. The van der Waals surface area contributed by atoms with Crippen LogP contribution in [0.1, 0.15) is 117 Å². The Bertz CT molecular complexity index is 2160. The van der Waals surface area contributed by atoms with Gasteiger partial charge in [-0.05, 0) is 51.9 Å². The molecule has 0 aliphatic carbocycles. The van der Waals surface area contributed by atoms with E-state index in [-0.39, 0.29) is 124 Å². The summed E-state index contributed by atoms with van der Waals surface area (Å²) in [7, 11) is 0. The molecule has 5 fully saturated rings. The number of nitrogens with zero attached hydrogens (tertiary/aromatic N) is 5. The van der Waals surface area contributed by atoms with Gasteiger partial charge in [0.25, 0.3) is 0 Å². The molecule has 6 heterocycles. The average molecular weight is 1160 g/mol. The van der Waals surface area contributed by atoms with Crippen molar-refractivity contribution in [3.05, 3.63) is 0 Å². The summed E-state index contributed by atoms with van der Waals surface area (Å²) in [4.78, 5) is 115. The van der Waals surface area contributed by atoms with Crippen molar-refractivity contribution in [2.24, 2.45) is 0 Å². The maximum absolute atomic E-state index is 12.8. The summed E-state index contributed by atoms with van der Waals surface area (Å²) in [6, 6.07) is -1.26. The highest BCUT2D eigenvalue weighted by Crippen LogP contribution is 2.38. The Morgan fingerprint density at radius 3 is 1.40 bits per heavy atom. The number of hydrogen-bond acceptors (Lipinski definition) is 22. The number of unbranched alkanes of at least 4 members (excludes halogenated alkanes) is 2. The third kappa shape index (κ3) is 22.0. The zero-order valence-corrected chi connectivity index (χ0v) is 47.7. The van der Waals surface area contributed by atoms with E-state index in [0.717, 1.165) is 0 Å². The smallest absolute Gasteiger partial charge is 0.232 e. The van der Waals surface area contributed by atoms with Crippen LogP contribution in [0, 0.1) is 0 Å². The number of nitrogens with one attached hydrogen (secondary N) is 8. The van der Waals surface area contributed by atoms with E-state index in [1.54, 1.807) is 4.90 Å². The molecule has 1 aromatic rings. The van der Waals surface area contributed by atoms with Gasteiger partial charge in [-0.2, -0.15) is 15.0 Å². The van der Waals surface area contributed by atoms with Gasteiger partial charge in [0.15, 0.2) is 12.6 Å². The van der Waals surface area contributed by atoms with Crippen molar-refractivity contribution in [2.45, 2.75) is 165 Å². The van der Waals surface area contributed by atoms with E-state index in [9.17, 15) is 48.6 Å². The molecule has 460 valence electrons. The molecule has 4 bridgehead atoms. The number of anilines is 3. The third-order valence-corrected chi connectivity index (χ3v) is 14.4. The first kappa shape index (κ1) is 65.2. The molecule has 5 saturated heterocycles. The monoisotopic (exact) mass is 1160 g/mol. The van der Waals surface area contributed by atoms with Gasteiger partial charge >= 0.3 is 0 Å². The van der Waals surface area contributed by atoms with Gasteiger partial charge in [0.1, 0.15) is 29.1 Å². The Morgan fingerprint density at radius 1 is 0.537 bits per heavy atom. The molecule has 5 aliphatic rings. The SMILES string of the molecule is CC(=O)CCCC(=O)N1CCN(c2nc(NCCC(=O)NCCCNC(=O)CCCCOC[C@@]34CO[C@H](O3)[C@H](NC(C)=O)[C@@H](O)C4)nc(NCCC(=O)NCCCNC(=O)CCCCOC[C@@]34CO[C@H](O3)[C@H](NC(C)=O)[C@@H](O)C4)n2)CC1. The molecule has 29 heteroatoms. The largest absolute Gasteiger partial charge is 0.391 e. The number of fused-ring (bicyclic) bond motifs is 4. The third-order valence-electron chi connectivity index (χ3n) is 14.4. The van der Waals surface area contributed by atoms with Crippen LogP contribution in [0.3, 0.4) is 0 Å². The predicted octanol–water partition coefficient (Wildman–Crippen LogP) is -1.74. The van der Waals surface area contributed by atoms with Crippen LogP contribution in [0.15, 0.2) is 0 Å². The van der Waals surface area contributed by atoms with E-state index < -0.39 is 48.1 Å². The van der Waals surface area contributed by atoms with Crippen LogP contribution in [0.4, 0.5) is 17.8 Å². The molecule has 29 nitrogen and oxygen atoms in total. The quantitative estimate of drug-likeness (QED) is 0.0331. The fourth-order valence-electron chi connectivity index (χ4n) is 10.1. The van der Waals surface area contributed by atoms with Crippen LogP contribution >= 0.6 is 0 Å². The zero-order valence-electron chi connectivity index (χ0n) is 47.7. The molecule has 7 amide bonds. The minimum atomic E-state index is -0.816. The van der Waals surface area contributed by atoms with E-state index in [4.69, 9.17) is 28.4 Å². The molecule has 0 unspecified atom stereocenters. The Balaban J connectivity index is 0.818. The number of piperazine rings is 1. The average Bonchev–Trinajstić information content (AvgIpc) is 4.22. The van der Waals surface area contributed by atoms with Gasteiger partial charge < -0.3 is 95.8 Å². The number of ketones is 1. The van der Waals surface area contributed by atoms with Gasteiger partial charge in [-0.1, -0.05) is 0 Å². The van der Waals surface area contributed by atoms with Crippen molar-refractivity contribution in [2.75, 3.05) is 121 Å². The van der Waals surface area contributed by atoms with Gasteiger partial charge in [-0.25, -0.2) is 0 Å². The van der Waals surface area contributed by atoms with Crippen molar-refractivity contribution in [1.82, 2.24) is 51.8 Å². The highest BCUT2D eigenvalue weighted by molar-refractivity contribution is 5.79. The number of rotatable bonds is 37. The van der Waals surface area contributed by atoms with E-state index in [1.165, 1.54) is 20.8 Å². The van der Waals surface area contributed by atoms with Crippen LogP contribution in [-0.4, -0.2) is 230 Å². The fraction of sp³-hybridized carbons (Fsp3) is 0.792. The highest BCUT2D eigenvalue weighted by atomic mass is 16.8. The Labute approximate surface area is 478 Å². The molecule has 0 radical (unpaired) electrons. The lowest BCUT2D eigenvalue weighted by atomic mass is 9.92. The van der Waals surface area contributed by atoms with Crippen LogP contribution in [-0.2, 0) is 66.8 Å². The first-order chi connectivity index (χ1) is 39.4. The summed E-state index contributed by atoms with van der Waals surface area (Å²) < 4.78 is 34.9. The van der Waals surface area contributed by atoms with Crippen LogP contribution in [0.2, 0.25) is 0 Å². The number of aliphatic hydroxyl groups excluding tert-OH is 2. The maximum Gasteiger partial charge on any atom is 0.232 e. The zero-order chi connectivity index (χ0) is 58.9. The molecule has 0 aromatic carbocycles. The van der Waals surface area contributed by atoms with Gasteiger partial charge in [0.05, 0.1) is 38.6 Å². The minimum absolute atomic E-state index is 0.0149. The normalized spacial score (nSPS) is 24.5. The standard InChI is InChI=1S/C53H87N13O16/c1-35(67)11-8-14-44(76)65-23-25-66(26-24-65)51-63-49(58-21-15-42(74)56-19-9-17-54-40(72)12-4-6-27-77-31-52-29-38(70)45(60-36(2)68)47(81-52)79-33-52)62-50(64-51)59-22-16-43(75)57-20-10-18-55-41(73)13-5-7-28-78-32-53-30-39(71)46(61-37(3)69)48(82-53)80-34-53/h38-39,45-48,70-71H,4-34H2,1-3H3,(H,54,72)(H,55,73)(H,56,74)(H,57,75)(H,60,68)(H,61,69)(H2,58,59,62,63,64)/t38-,39-,45+,46+,47+,48+,52-,53-/m0/s1. The number of ether oxygens (including phenoxy) is 6. The fourth-order valence-corrected chi connectivity index (χ4v) is 10.1. The van der Waals surface area contributed by atoms with E-state index >= 15 is 0 Å². The number of aromatic nitrogens is 3. The predicted molar refractivity (Wildman–Crippen MR) is 294 cm³/mol. The summed E-state index contributed by atoms with van der Waals surface area (Å²) in [6.07, 6.45) is 3.02. The van der Waals surface area contributed by atoms with E-state index in [1.807, 2.05) is 4.90 Å². The molecule has 0 saturated carbocycles. The number of amides is 7. The summed E-state index contributed by atoms with van der Waals surface area (Å²) in [5, 5.41) is 44.1. The van der Waals surface area contributed by atoms with Crippen LogP contribution in [0.5, 0.6) is 0 Å². The first-order valence-electron chi connectivity index (χ1n) is 28.9. The lowest BCUT2D eigenvalue weighted by Gasteiger charge is -2.38. The van der Waals surface area contributed by atoms with E-state index in [2.05, 4.69) is 57.5 Å². The number of Topliss-reactive ketones (excluding diaryl/α,β-unsaturated/α-hetero) is 1. The second-order valence-corrected chi connectivity index (χ2v) is 21.6. The number of hydrogen-bond donors (Lipinski definition) is 10. The summed E-state index contributed by atoms with van der Waals surface area (Å²) in [5.74, 6) is -0.386. The van der Waals surface area contributed by atoms with Crippen molar-refractivity contribution in [3.63, 3.8) is 0 Å². The van der Waals surface area contributed by atoms with Crippen molar-refractivity contribution < 1.29 is 77.0 Å². The summed E-state index contributed by atoms with van der Waals surface area (Å²) >= 11 is 0. The Morgan fingerprint density at radius 2 is 0.976 bits per heavy atom. The first-order valence-corrected chi connectivity index (χ1v) is 28.9. The van der Waals surface area contributed by atoms with Crippen LogP contribution in [0.25, 0.3) is 0 Å². The molecular weight excluding hydrogens is 1070 g/mol. The summed E-state index contributed by atoms with van der Waals surface area (Å²) in [6.45, 7) is 9.69. The number of carbonyl (C=O) groups is 8. The molecule has 5 aliphatic heterocycles. The van der Waals surface area contributed by atoms with Gasteiger partial charge in [0, 0.05) is 144 Å². The van der Waals surface area contributed by atoms with E-state index in [0.29, 0.717) is 142 Å². The Hall–Kier alpha value is -5.95. The maximum atomic E-state index is 12.8. The van der Waals surface area contributed by atoms with Gasteiger partial charge in [-0.3, -0.25) is 33.6 Å². The highest BCUT2D eigenvalue weighted by Gasteiger charge is 2.54.